The van der Waals surface area contributed by atoms with Crippen molar-refractivity contribution in [2.45, 2.75) is 30.6 Å². The average molecular weight is 442 g/mol. The first-order valence-electron chi connectivity index (χ1n) is 10.6. The topological polar surface area (TPSA) is 51.6 Å². The molecule has 0 aromatic carbocycles. The molecule has 5 rings (SSSR count). The van der Waals surface area contributed by atoms with Gasteiger partial charge in [0.15, 0.2) is 0 Å². The van der Waals surface area contributed by atoms with E-state index in [0.29, 0.717) is 11.3 Å². The van der Waals surface area contributed by atoms with Gasteiger partial charge in [-0.05, 0) is 88.5 Å². The molecule has 2 unspecified atom stereocenters. The first-order chi connectivity index (χ1) is 15.4. The Labute approximate surface area is 185 Å². The molecule has 0 amide bonds. The molecule has 1 fully saturated rings. The maximum Gasteiger partial charge on any atom is 0.0695 e. The van der Waals surface area contributed by atoms with Crippen LogP contribution >= 0.6 is 15.8 Å². The molecule has 1 aliphatic carbocycles. The van der Waals surface area contributed by atoms with Gasteiger partial charge < -0.3 is 0 Å². The Morgan fingerprint density at radius 2 is 0.806 bits per heavy atom. The number of aromatic nitrogens is 4. The van der Waals surface area contributed by atoms with Crippen LogP contribution in [0, 0.1) is 0 Å². The van der Waals surface area contributed by atoms with Gasteiger partial charge in [0, 0.05) is 24.8 Å². The van der Waals surface area contributed by atoms with Crippen LogP contribution in [0.15, 0.2) is 97.6 Å². The molecule has 2 atom stereocenters. The molecular weight excluding hydrogens is 418 g/mol. The molecule has 0 spiro atoms. The minimum Gasteiger partial charge on any atom is -0.256 e. The highest BCUT2D eigenvalue weighted by atomic mass is 31.1. The zero-order valence-corrected chi connectivity index (χ0v) is 19.0. The average Bonchev–Trinajstić information content (AvgIpc) is 3.31. The highest BCUT2D eigenvalue weighted by Crippen LogP contribution is 2.56. The summed E-state index contributed by atoms with van der Waals surface area (Å²) in [5, 5.41) is 0. The molecular formula is C25H24N4P2. The van der Waals surface area contributed by atoms with E-state index in [1.807, 2.05) is 49.1 Å². The normalized spacial score (nSPS) is 18.5. The third-order valence-corrected chi connectivity index (χ3v) is 11.5. The van der Waals surface area contributed by atoms with Crippen LogP contribution in [0.4, 0.5) is 0 Å². The zero-order chi connectivity index (χ0) is 20.9. The predicted molar refractivity (Wildman–Crippen MR) is 131 cm³/mol. The molecule has 31 heavy (non-hydrogen) atoms. The molecule has 1 aliphatic rings. The summed E-state index contributed by atoms with van der Waals surface area (Å²) in [6, 6.07) is 25.1. The maximum atomic E-state index is 4.80. The fourth-order valence-corrected chi connectivity index (χ4v) is 10.7. The highest BCUT2D eigenvalue weighted by Gasteiger charge is 2.42. The number of pyridine rings is 4. The third kappa shape index (κ3) is 4.42. The zero-order valence-electron chi connectivity index (χ0n) is 17.2. The number of nitrogens with zero attached hydrogens (tertiary/aromatic N) is 4. The second kappa shape index (κ2) is 9.73. The fourth-order valence-electron chi connectivity index (χ4n) is 4.42. The predicted octanol–water partition coefficient (Wildman–Crippen LogP) is 3.75. The highest BCUT2D eigenvalue weighted by molar-refractivity contribution is 7.77. The lowest BCUT2D eigenvalue weighted by Gasteiger charge is -2.33. The Hall–Kier alpha value is -2.54. The van der Waals surface area contributed by atoms with Gasteiger partial charge in [0.25, 0.3) is 0 Å². The molecule has 6 heteroatoms. The second-order valence-corrected chi connectivity index (χ2v) is 12.2. The molecule has 0 bridgehead atoms. The largest absolute Gasteiger partial charge is 0.256 e. The van der Waals surface area contributed by atoms with E-state index >= 15 is 0 Å². The summed E-state index contributed by atoms with van der Waals surface area (Å²) in [5.41, 5.74) is 5.70. The molecule has 154 valence electrons. The van der Waals surface area contributed by atoms with Crippen molar-refractivity contribution in [3.05, 3.63) is 97.6 Å². The van der Waals surface area contributed by atoms with E-state index in [2.05, 4.69) is 48.5 Å². The Kier molecular flexibility index (Phi) is 6.39. The minimum absolute atomic E-state index is 0.509. The van der Waals surface area contributed by atoms with E-state index in [1.54, 1.807) is 0 Å². The smallest absolute Gasteiger partial charge is 0.0695 e. The van der Waals surface area contributed by atoms with Gasteiger partial charge in [-0.25, -0.2) is 0 Å². The van der Waals surface area contributed by atoms with Crippen LogP contribution in [-0.4, -0.2) is 31.3 Å². The van der Waals surface area contributed by atoms with Crippen molar-refractivity contribution in [3.8, 4) is 0 Å². The van der Waals surface area contributed by atoms with E-state index in [-0.39, 0.29) is 0 Å². The van der Waals surface area contributed by atoms with Crippen LogP contribution in [0.2, 0.25) is 0 Å². The van der Waals surface area contributed by atoms with Crippen molar-refractivity contribution < 1.29 is 0 Å². The van der Waals surface area contributed by atoms with E-state index in [4.69, 9.17) is 19.9 Å². The van der Waals surface area contributed by atoms with Crippen molar-refractivity contribution in [1.29, 1.82) is 0 Å². The van der Waals surface area contributed by atoms with Gasteiger partial charge in [0.05, 0.1) is 21.7 Å². The molecule has 0 saturated heterocycles. The van der Waals surface area contributed by atoms with Crippen molar-refractivity contribution >= 4 is 37.6 Å². The Morgan fingerprint density at radius 1 is 0.484 bits per heavy atom. The van der Waals surface area contributed by atoms with Crippen LogP contribution in [0.25, 0.3) is 0 Å². The summed E-state index contributed by atoms with van der Waals surface area (Å²) in [4.78, 5) is 19.2. The summed E-state index contributed by atoms with van der Waals surface area (Å²) in [5.74, 6) is 0. The van der Waals surface area contributed by atoms with E-state index in [0.717, 1.165) is 0 Å². The number of hydrogen-bond donors (Lipinski definition) is 0. The first-order valence-corrected chi connectivity index (χ1v) is 13.5. The van der Waals surface area contributed by atoms with E-state index in [1.165, 1.54) is 41.0 Å². The second-order valence-electron chi connectivity index (χ2n) is 7.56. The molecule has 4 aromatic rings. The van der Waals surface area contributed by atoms with Crippen molar-refractivity contribution in [3.63, 3.8) is 0 Å². The van der Waals surface area contributed by atoms with Crippen LogP contribution in [0.5, 0.6) is 0 Å². The summed E-state index contributed by atoms with van der Waals surface area (Å²) in [6.07, 6.45) is 11.3. The maximum absolute atomic E-state index is 4.80. The van der Waals surface area contributed by atoms with Gasteiger partial charge >= 0.3 is 0 Å². The van der Waals surface area contributed by atoms with Gasteiger partial charge in [-0.1, -0.05) is 30.7 Å². The van der Waals surface area contributed by atoms with Gasteiger partial charge in [0.1, 0.15) is 0 Å². The van der Waals surface area contributed by atoms with Crippen molar-refractivity contribution in [2.24, 2.45) is 0 Å². The fraction of sp³-hybridized carbons (Fsp3) is 0.200. The van der Waals surface area contributed by atoms with Crippen LogP contribution in [0.1, 0.15) is 19.3 Å². The number of hydrogen-bond acceptors (Lipinski definition) is 4. The Bertz CT molecular complexity index is 914. The summed E-state index contributed by atoms with van der Waals surface area (Å²) >= 11 is 0. The molecule has 4 aromatic heterocycles. The lowest BCUT2D eigenvalue weighted by atomic mass is 10.4. The Morgan fingerprint density at radius 3 is 1.06 bits per heavy atom. The summed E-state index contributed by atoms with van der Waals surface area (Å²) in [6.45, 7) is 0. The summed E-state index contributed by atoms with van der Waals surface area (Å²) < 4.78 is 0. The van der Waals surface area contributed by atoms with Crippen LogP contribution in [0.3, 0.4) is 0 Å². The van der Waals surface area contributed by atoms with Gasteiger partial charge in [-0.15, -0.1) is 0 Å². The monoisotopic (exact) mass is 442 g/mol. The van der Waals surface area contributed by atoms with Gasteiger partial charge in [-0.2, -0.15) is 0 Å². The Balaban J connectivity index is 1.60. The number of rotatable bonds is 6. The quantitative estimate of drug-likeness (QED) is 0.427. The summed E-state index contributed by atoms with van der Waals surface area (Å²) in [7, 11) is -1.33. The molecule has 4 nitrogen and oxygen atoms in total. The van der Waals surface area contributed by atoms with Gasteiger partial charge in [-0.3, -0.25) is 19.9 Å². The van der Waals surface area contributed by atoms with Crippen molar-refractivity contribution in [1.82, 2.24) is 19.9 Å². The molecule has 1 saturated carbocycles. The van der Waals surface area contributed by atoms with Crippen LogP contribution in [-0.2, 0) is 0 Å². The van der Waals surface area contributed by atoms with E-state index < -0.39 is 15.8 Å². The third-order valence-electron chi connectivity index (χ3n) is 5.69. The van der Waals surface area contributed by atoms with Crippen molar-refractivity contribution in [2.75, 3.05) is 0 Å². The molecule has 0 radical (unpaired) electrons. The molecule has 0 N–H and O–H groups in total. The minimum atomic E-state index is -0.666. The first kappa shape index (κ1) is 20.4. The molecule has 0 aliphatic heterocycles. The van der Waals surface area contributed by atoms with Crippen LogP contribution < -0.4 is 21.7 Å². The lowest BCUT2D eigenvalue weighted by Crippen LogP contribution is -2.34. The standard InChI is InChI=1S/C25H24N4P2/c1-5-16-26-22(12-1)30(23-13-2-6-17-27-23)20-10-9-11-21(20)31(24-14-3-7-18-28-24)25-15-4-8-19-29-25/h1-8,12-21H,9-11H2. The SMILES string of the molecule is c1ccc(P(c2ccccn2)C2CCCC2P(c2ccccn2)c2ccccn2)nc1. The van der Waals surface area contributed by atoms with E-state index in [9.17, 15) is 0 Å². The lowest BCUT2D eigenvalue weighted by molar-refractivity contribution is 0.888. The van der Waals surface area contributed by atoms with Gasteiger partial charge in [0.2, 0.25) is 0 Å². The molecule has 4 heterocycles.